The van der Waals surface area contributed by atoms with E-state index in [1.165, 1.54) is 18.2 Å². The fourth-order valence-corrected chi connectivity index (χ4v) is 3.10. The van der Waals surface area contributed by atoms with Crippen molar-refractivity contribution in [2.24, 2.45) is 0 Å². The highest BCUT2D eigenvalue weighted by molar-refractivity contribution is 6.05. The molecule has 2 aromatic rings. The van der Waals surface area contributed by atoms with Crippen LogP contribution in [0.4, 0.5) is 5.69 Å². The van der Waals surface area contributed by atoms with E-state index in [2.05, 4.69) is 10.2 Å². The molecule has 2 amide bonds. The molecule has 0 aliphatic carbocycles. The van der Waals surface area contributed by atoms with Crippen molar-refractivity contribution in [1.29, 1.82) is 0 Å². The molecule has 1 aliphatic heterocycles. The second-order valence-electron chi connectivity index (χ2n) is 6.90. The Hall–Kier alpha value is -3.19. The zero-order chi connectivity index (χ0) is 20.1. The standard InChI is InChI=1S/C21H23N3O4/c1-23-8-10-24(11-9-23)19(25)13-15-4-2-7-18(12-15)22-20(26)16-5-3-6-17(14-16)21(27)28/h2-7,12,14H,8-11,13H2,1H3,(H,22,26)(H,27,28). The van der Waals surface area contributed by atoms with Crippen LogP contribution in [0.1, 0.15) is 26.3 Å². The largest absolute Gasteiger partial charge is 0.478 e. The minimum absolute atomic E-state index is 0.0548. The molecule has 1 saturated heterocycles. The lowest BCUT2D eigenvalue weighted by Crippen LogP contribution is -2.47. The van der Waals surface area contributed by atoms with Gasteiger partial charge in [-0.1, -0.05) is 18.2 Å². The number of nitrogens with one attached hydrogen (secondary N) is 1. The summed E-state index contributed by atoms with van der Waals surface area (Å²) >= 11 is 0. The molecule has 2 N–H and O–H groups in total. The summed E-state index contributed by atoms with van der Waals surface area (Å²) in [5.74, 6) is -1.41. The molecule has 1 fully saturated rings. The average Bonchev–Trinajstić information content (AvgIpc) is 2.68. The maximum absolute atomic E-state index is 12.5. The Morgan fingerprint density at radius 2 is 1.64 bits per heavy atom. The number of piperazine rings is 1. The molecule has 146 valence electrons. The third-order valence-corrected chi connectivity index (χ3v) is 4.77. The SMILES string of the molecule is CN1CCN(C(=O)Cc2cccc(NC(=O)c3cccc(C(=O)O)c3)c2)CC1. The van der Waals surface area contributed by atoms with Crippen LogP contribution in [0.2, 0.25) is 0 Å². The van der Waals surface area contributed by atoms with Crippen LogP contribution < -0.4 is 5.32 Å². The number of hydrogen-bond donors (Lipinski definition) is 2. The van der Waals surface area contributed by atoms with Crippen LogP contribution in [0.5, 0.6) is 0 Å². The molecule has 0 atom stereocenters. The van der Waals surface area contributed by atoms with Crippen LogP contribution >= 0.6 is 0 Å². The number of aromatic carboxylic acids is 1. The Morgan fingerprint density at radius 1 is 0.964 bits per heavy atom. The summed E-state index contributed by atoms with van der Waals surface area (Å²) < 4.78 is 0. The second kappa shape index (κ2) is 8.67. The number of rotatable bonds is 5. The summed E-state index contributed by atoms with van der Waals surface area (Å²) in [6.45, 7) is 3.20. The van der Waals surface area contributed by atoms with Crippen molar-refractivity contribution in [3.63, 3.8) is 0 Å². The van der Waals surface area contributed by atoms with E-state index in [0.29, 0.717) is 5.69 Å². The van der Waals surface area contributed by atoms with E-state index in [1.807, 2.05) is 18.0 Å². The van der Waals surface area contributed by atoms with Gasteiger partial charge < -0.3 is 20.2 Å². The Morgan fingerprint density at radius 3 is 2.36 bits per heavy atom. The van der Waals surface area contributed by atoms with Gasteiger partial charge in [-0.05, 0) is 42.9 Å². The Labute approximate surface area is 163 Å². The van der Waals surface area contributed by atoms with E-state index in [9.17, 15) is 14.4 Å². The number of likely N-dealkylation sites (N-methyl/N-ethyl adjacent to an activating group) is 1. The summed E-state index contributed by atoms with van der Waals surface area (Å²) in [6, 6.07) is 13.0. The molecule has 1 aliphatic rings. The first-order valence-corrected chi connectivity index (χ1v) is 9.12. The maximum atomic E-state index is 12.5. The number of benzene rings is 2. The zero-order valence-corrected chi connectivity index (χ0v) is 15.7. The first kappa shape index (κ1) is 19.6. The van der Waals surface area contributed by atoms with Gasteiger partial charge in [0.2, 0.25) is 5.91 Å². The molecule has 0 radical (unpaired) electrons. The average molecular weight is 381 g/mol. The minimum Gasteiger partial charge on any atom is -0.478 e. The number of carboxylic acids is 1. The number of carboxylic acid groups (broad SMARTS) is 1. The van der Waals surface area contributed by atoms with Crippen molar-refractivity contribution in [2.75, 3.05) is 38.5 Å². The number of carbonyl (C=O) groups excluding carboxylic acids is 2. The number of amides is 2. The highest BCUT2D eigenvalue weighted by Crippen LogP contribution is 2.15. The number of hydrogen-bond acceptors (Lipinski definition) is 4. The fraction of sp³-hybridized carbons (Fsp3) is 0.286. The third-order valence-electron chi connectivity index (χ3n) is 4.77. The quantitative estimate of drug-likeness (QED) is 0.826. The van der Waals surface area contributed by atoms with E-state index < -0.39 is 11.9 Å². The van der Waals surface area contributed by atoms with Crippen molar-refractivity contribution < 1.29 is 19.5 Å². The molecule has 7 heteroatoms. The number of anilines is 1. The number of nitrogens with zero attached hydrogens (tertiary/aromatic N) is 2. The van der Waals surface area contributed by atoms with Gasteiger partial charge in [0.25, 0.3) is 5.91 Å². The van der Waals surface area contributed by atoms with Gasteiger partial charge in [-0.25, -0.2) is 4.79 Å². The fourth-order valence-electron chi connectivity index (χ4n) is 3.10. The zero-order valence-electron chi connectivity index (χ0n) is 15.7. The lowest BCUT2D eigenvalue weighted by atomic mass is 10.1. The molecule has 2 aromatic carbocycles. The van der Waals surface area contributed by atoms with Crippen LogP contribution in [0.15, 0.2) is 48.5 Å². The molecule has 28 heavy (non-hydrogen) atoms. The molecular weight excluding hydrogens is 358 g/mol. The Bertz CT molecular complexity index is 889. The van der Waals surface area contributed by atoms with E-state index in [0.717, 1.165) is 31.7 Å². The highest BCUT2D eigenvalue weighted by atomic mass is 16.4. The highest BCUT2D eigenvalue weighted by Gasteiger charge is 2.19. The Kier molecular flexibility index (Phi) is 6.06. The molecule has 0 aromatic heterocycles. The van der Waals surface area contributed by atoms with Crippen LogP contribution in [-0.2, 0) is 11.2 Å². The lowest BCUT2D eigenvalue weighted by Gasteiger charge is -2.32. The van der Waals surface area contributed by atoms with Crippen molar-refractivity contribution >= 4 is 23.5 Å². The summed E-state index contributed by atoms with van der Waals surface area (Å²) in [4.78, 5) is 40.0. The second-order valence-corrected chi connectivity index (χ2v) is 6.90. The van der Waals surface area contributed by atoms with Gasteiger partial charge in [-0.2, -0.15) is 0 Å². The molecular formula is C21H23N3O4. The van der Waals surface area contributed by atoms with Gasteiger partial charge in [0.15, 0.2) is 0 Å². The van der Waals surface area contributed by atoms with Crippen LogP contribution in [0.25, 0.3) is 0 Å². The topological polar surface area (TPSA) is 90.0 Å². The van der Waals surface area contributed by atoms with Gasteiger partial charge in [0, 0.05) is 37.4 Å². The van der Waals surface area contributed by atoms with Crippen molar-refractivity contribution in [2.45, 2.75) is 6.42 Å². The summed E-state index contributed by atoms with van der Waals surface area (Å²) in [5.41, 5.74) is 1.70. The molecule has 0 spiro atoms. The maximum Gasteiger partial charge on any atom is 0.335 e. The molecule has 7 nitrogen and oxygen atoms in total. The monoisotopic (exact) mass is 381 g/mol. The lowest BCUT2D eigenvalue weighted by molar-refractivity contribution is -0.132. The van der Waals surface area contributed by atoms with Gasteiger partial charge >= 0.3 is 5.97 Å². The molecule has 1 heterocycles. The van der Waals surface area contributed by atoms with Gasteiger partial charge in [0.1, 0.15) is 0 Å². The van der Waals surface area contributed by atoms with Crippen molar-refractivity contribution in [3.05, 3.63) is 65.2 Å². The predicted molar refractivity (Wildman–Crippen MR) is 106 cm³/mol. The first-order chi connectivity index (χ1) is 13.4. The summed E-state index contributed by atoms with van der Waals surface area (Å²) in [6.07, 6.45) is 0.280. The molecule has 0 saturated carbocycles. The van der Waals surface area contributed by atoms with E-state index in [4.69, 9.17) is 5.11 Å². The van der Waals surface area contributed by atoms with Crippen LogP contribution in [0, 0.1) is 0 Å². The molecule has 0 unspecified atom stereocenters. The van der Waals surface area contributed by atoms with E-state index in [-0.39, 0.29) is 23.5 Å². The Balaban J connectivity index is 1.64. The first-order valence-electron chi connectivity index (χ1n) is 9.12. The van der Waals surface area contributed by atoms with Gasteiger partial charge in [0.05, 0.1) is 12.0 Å². The molecule has 3 rings (SSSR count). The van der Waals surface area contributed by atoms with Crippen LogP contribution in [0.3, 0.4) is 0 Å². The van der Waals surface area contributed by atoms with E-state index >= 15 is 0 Å². The van der Waals surface area contributed by atoms with E-state index in [1.54, 1.807) is 24.3 Å². The normalized spacial score (nSPS) is 14.5. The van der Waals surface area contributed by atoms with Crippen molar-refractivity contribution in [1.82, 2.24) is 9.80 Å². The molecule has 0 bridgehead atoms. The minimum atomic E-state index is -1.08. The summed E-state index contributed by atoms with van der Waals surface area (Å²) in [5, 5.41) is 11.8. The van der Waals surface area contributed by atoms with Gasteiger partial charge in [-0.3, -0.25) is 9.59 Å². The van der Waals surface area contributed by atoms with Gasteiger partial charge in [-0.15, -0.1) is 0 Å². The predicted octanol–water partition coefficient (Wildman–Crippen LogP) is 1.95. The smallest absolute Gasteiger partial charge is 0.335 e. The number of carbonyl (C=O) groups is 3. The van der Waals surface area contributed by atoms with Crippen molar-refractivity contribution in [3.8, 4) is 0 Å². The van der Waals surface area contributed by atoms with Crippen LogP contribution in [-0.4, -0.2) is 65.9 Å². The third kappa shape index (κ3) is 4.95. The summed E-state index contributed by atoms with van der Waals surface area (Å²) in [7, 11) is 2.04.